The predicted molar refractivity (Wildman–Crippen MR) is 330 cm³/mol. The number of quaternary nitrogens is 1. The molecule has 0 heterocycles. The van der Waals surface area contributed by atoms with Crippen molar-refractivity contribution in [2.75, 3.05) is 40.9 Å². The van der Waals surface area contributed by atoms with E-state index in [-0.39, 0.29) is 24.9 Å². The Morgan fingerprint density at radius 2 is 0.792 bits per heavy atom. The lowest BCUT2D eigenvalue weighted by atomic mass is 10.0. The molecule has 0 aromatic carbocycles. The van der Waals surface area contributed by atoms with Gasteiger partial charge in [-0.3, -0.25) is 14.2 Å². The van der Waals surface area contributed by atoms with E-state index in [1.165, 1.54) is 199 Å². The van der Waals surface area contributed by atoms with Gasteiger partial charge >= 0.3 is 5.97 Å². The number of nitrogens with zero attached hydrogens (tertiary/aromatic N) is 1. The van der Waals surface area contributed by atoms with Gasteiger partial charge in [-0.2, -0.15) is 0 Å². The number of hydrogen-bond donors (Lipinski definition) is 1. The maximum atomic E-state index is 13.6. The summed E-state index contributed by atoms with van der Waals surface area (Å²) < 4.78 is 30.3. The third kappa shape index (κ3) is 58.4. The summed E-state index contributed by atoms with van der Waals surface area (Å²) in [7, 11) is 1.18. The van der Waals surface area contributed by atoms with Crippen LogP contribution in [0.4, 0.5) is 0 Å². The van der Waals surface area contributed by atoms with E-state index in [4.69, 9.17) is 13.8 Å². The van der Waals surface area contributed by atoms with Crippen molar-refractivity contribution in [2.24, 2.45) is 0 Å². The lowest BCUT2D eigenvalue weighted by Gasteiger charge is -2.30. The van der Waals surface area contributed by atoms with Crippen LogP contribution in [0.3, 0.4) is 0 Å². The molecular formula is C67H127N2O7P. The maximum absolute atomic E-state index is 13.6. The molecule has 3 unspecified atom stereocenters. The van der Waals surface area contributed by atoms with Crippen LogP contribution in [0.5, 0.6) is 0 Å². The lowest BCUT2D eigenvalue weighted by molar-refractivity contribution is -0.870. The molecule has 452 valence electrons. The van der Waals surface area contributed by atoms with Crippen LogP contribution in [0.15, 0.2) is 48.6 Å². The highest BCUT2D eigenvalue weighted by Gasteiger charge is 2.27. The number of nitrogens with one attached hydrogen (secondary N) is 1. The first-order valence-corrected chi connectivity index (χ1v) is 34.4. The van der Waals surface area contributed by atoms with Gasteiger partial charge in [0.1, 0.15) is 19.3 Å². The number of phosphoric ester groups is 1. The van der Waals surface area contributed by atoms with Gasteiger partial charge in [0.05, 0.1) is 33.8 Å². The van der Waals surface area contributed by atoms with Crippen molar-refractivity contribution in [1.82, 2.24) is 5.32 Å². The fourth-order valence-electron chi connectivity index (χ4n) is 9.65. The van der Waals surface area contributed by atoms with Crippen LogP contribution < -0.4 is 10.2 Å². The number of carbonyl (C=O) groups is 2. The summed E-state index contributed by atoms with van der Waals surface area (Å²) >= 11 is 0. The van der Waals surface area contributed by atoms with E-state index in [1.807, 2.05) is 33.3 Å². The standard InChI is InChI=1S/C67H127N2O7P/c1-7-10-13-16-19-22-25-27-29-31-32-33-34-35-36-38-39-41-44-47-50-53-56-59-66(70)68-64(63-75-77(72,73)74-62-61-69(4,5)6)65(58-55-52-49-46-43-24-21-18-15-12-9-3)76-67(71)60-57-54-51-48-45-42-40-37-30-28-26-23-20-17-14-11-8-2/h20,23,28,30,40,42,55,58,64-65H,7-19,21-22,24-27,29,31-39,41,43-54,56-57,59-63H2,1-6H3,(H-,68,70,72,73)/b23-20-,30-28-,42-40-,58-55+. The van der Waals surface area contributed by atoms with Crippen LogP contribution >= 0.6 is 7.82 Å². The first kappa shape index (κ1) is 75.0. The van der Waals surface area contributed by atoms with Gasteiger partial charge in [0.15, 0.2) is 0 Å². The molecule has 0 saturated carbocycles. The third-order valence-electron chi connectivity index (χ3n) is 14.8. The van der Waals surface area contributed by atoms with Gasteiger partial charge in [-0.1, -0.05) is 282 Å². The second kappa shape index (κ2) is 57.2. The van der Waals surface area contributed by atoms with Gasteiger partial charge in [-0.25, -0.2) is 0 Å². The molecular weight excluding hydrogens is 976 g/mol. The van der Waals surface area contributed by atoms with Crippen LogP contribution in [-0.2, 0) is 27.9 Å². The van der Waals surface area contributed by atoms with Crippen molar-refractivity contribution >= 4 is 19.7 Å². The number of hydrogen-bond acceptors (Lipinski definition) is 7. The van der Waals surface area contributed by atoms with Crippen LogP contribution in [0.2, 0.25) is 0 Å². The molecule has 0 fully saturated rings. The second-order valence-electron chi connectivity index (χ2n) is 23.6. The Morgan fingerprint density at radius 1 is 0.455 bits per heavy atom. The van der Waals surface area contributed by atoms with Crippen LogP contribution in [0.1, 0.15) is 316 Å². The minimum Gasteiger partial charge on any atom is -0.756 e. The molecule has 10 heteroatoms. The zero-order valence-electron chi connectivity index (χ0n) is 51.7. The molecule has 0 saturated heterocycles. The highest BCUT2D eigenvalue weighted by atomic mass is 31.2. The molecule has 3 atom stereocenters. The summed E-state index contributed by atoms with van der Waals surface area (Å²) in [4.78, 5) is 40.0. The first-order valence-electron chi connectivity index (χ1n) is 32.9. The molecule has 0 radical (unpaired) electrons. The second-order valence-corrected chi connectivity index (χ2v) is 25.0. The van der Waals surface area contributed by atoms with Gasteiger partial charge in [-0.05, 0) is 70.3 Å². The van der Waals surface area contributed by atoms with Gasteiger partial charge in [0.2, 0.25) is 5.91 Å². The number of unbranched alkanes of at least 4 members (excludes halogenated alkanes) is 38. The summed E-state index contributed by atoms with van der Waals surface area (Å²) in [6, 6.07) is -0.895. The fraction of sp³-hybridized carbons (Fsp3) is 0.851. The Labute approximate surface area is 478 Å². The number of rotatable bonds is 60. The Bertz CT molecular complexity index is 1460. The van der Waals surface area contributed by atoms with Crippen molar-refractivity contribution in [3.63, 3.8) is 0 Å². The fourth-order valence-corrected chi connectivity index (χ4v) is 10.4. The average Bonchev–Trinajstić information content (AvgIpc) is 3.39. The largest absolute Gasteiger partial charge is 0.756 e. The number of phosphoric acid groups is 1. The molecule has 0 aliphatic carbocycles. The monoisotopic (exact) mass is 1100 g/mol. The number of esters is 1. The highest BCUT2D eigenvalue weighted by molar-refractivity contribution is 7.45. The molecule has 1 amide bonds. The van der Waals surface area contributed by atoms with Crippen molar-refractivity contribution in [1.29, 1.82) is 0 Å². The van der Waals surface area contributed by atoms with Crippen molar-refractivity contribution in [3.8, 4) is 0 Å². The quantitative estimate of drug-likeness (QED) is 0.0212. The van der Waals surface area contributed by atoms with Crippen molar-refractivity contribution < 1.29 is 37.3 Å². The first-order chi connectivity index (χ1) is 37.4. The van der Waals surface area contributed by atoms with Gasteiger partial charge < -0.3 is 28.5 Å². The minimum absolute atomic E-state index is 0.0249. The Kier molecular flexibility index (Phi) is 55.7. The number of carbonyl (C=O) groups excluding carboxylic acids is 2. The van der Waals surface area contributed by atoms with Crippen LogP contribution in [-0.4, -0.2) is 69.4 Å². The maximum Gasteiger partial charge on any atom is 0.306 e. The average molecular weight is 1100 g/mol. The molecule has 0 aliphatic rings. The lowest BCUT2D eigenvalue weighted by Crippen LogP contribution is -2.47. The van der Waals surface area contributed by atoms with E-state index in [1.54, 1.807) is 0 Å². The molecule has 9 nitrogen and oxygen atoms in total. The number of allylic oxidation sites excluding steroid dienone is 7. The Hall–Kier alpha value is -2.03. The van der Waals surface area contributed by atoms with Crippen molar-refractivity contribution in [3.05, 3.63) is 48.6 Å². The van der Waals surface area contributed by atoms with E-state index < -0.39 is 26.6 Å². The predicted octanol–water partition coefficient (Wildman–Crippen LogP) is 19.8. The molecule has 0 aromatic heterocycles. The molecule has 0 rings (SSSR count). The minimum atomic E-state index is -4.70. The van der Waals surface area contributed by atoms with E-state index in [2.05, 4.69) is 62.5 Å². The summed E-state index contributed by atoms with van der Waals surface area (Å²) in [6.07, 6.45) is 70.9. The van der Waals surface area contributed by atoms with Crippen LogP contribution in [0.25, 0.3) is 0 Å². The van der Waals surface area contributed by atoms with Gasteiger partial charge in [0, 0.05) is 12.8 Å². The number of ether oxygens (including phenoxy) is 1. The highest BCUT2D eigenvalue weighted by Crippen LogP contribution is 2.38. The zero-order valence-corrected chi connectivity index (χ0v) is 52.6. The summed E-state index contributed by atoms with van der Waals surface area (Å²) in [5, 5.41) is 3.03. The summed E-state index contributed by atoms with van der Waals surface area (Å²) in [5.41, 5.74) is 0. The van der Waals surface area contributed by atoms with Gasteiger partial charge in [-0.15, -0.1) is 0 Å². The summed E-state index contributed by atoms with van der Waals surface area (Å²) in [6.45, 7) is 6.83. The summed E-state index contributed by atoms with van der Waals surface area (Å²) in [5.74, 6) is -0.554. The molecule has 77 heavy (non-hydrogen) atoms. The molecule has 1 N–H and O–H groups in total. The topological polar surface area (TPSA) is 114 Å². The zero-order chi connectivity index (χ0) is 56.4. The number of likely N-dealkylation sites (N-methyl/N-ethyl adjacent to an activating group) is 1. The van der Waals surface area contributed by atoms with E-state index >= 15 is 0 Å². The smallest absolute Gasteiger partial charge is 0.306 e. The van der Waals surface area contributed by atoms with Crippen molar-refractivity contribution in [2.45, 2.75) is 328 Å². The van der Waals surface area contributed by atoms with Crippen LogP contribution in [0, 0.1) is 0 Å². The third-order valence-corrected chi connectivity index (χ3v) is 15.7. The Balaban J connectivity index is 5.11. The molecule has 0 aliphatic heterocycles. The number of amides is 1. The normalized spacial score (nSPS) is 13.9. The molecule has 0 bridgehead atoms. The van der Waals surface area contributed by atoms with E-state index in [0.29, 0.717) is 23.9 Å². The van der Waals surface area contributed by atoms with Gasteiger partial charge in [0.25, 0.3) is 7.82 Å². The van der Waals surface area contributed by atoms with E-state index in [0.717, 1.165) is 77.0 Å². The van der Waals surface area contributed by atoms with E-state index in [9.17, 15) is 19.0 Å². The Morgan fingerprint density at radius 3 is 1.21 bits per heavy atom. The molecule has 0 aromatic rings. The SMILES string of the molecule is CCCCC/C=C\C/C=C\C/C=C\CCCCCCC(=O)OC(/C=C/CCCCCCCCCCC)C(COP(=O)([O-])OCC[N+](C)(C)C)NC(=O)CCCCCCCCCCCCCCCCCCCCCCCCC. The molecule has 0 spiro atoms.